The highest BCUT2D eigenvalue weighted by Gasteiger charge is 2.17. The molecule has 0 radical (unpaired) electrons. The van der Waals surface area contributed by atoms with Crippen molar-refractivity contribution in [2.24, 2.45) is 0 Å². The maximum Gasteiger partial charge on any atom is 0.251 e. The molecule has 10 heteroatoms. The highest BCUT2D eigenvalue weighted by atomic mass is 32.2. The molecule has 2 amide bonds. The number of hydrogen-bond donors (Lipinski definition) is 2. The quantitative estimate of drug-likeness (QED) is 0.293. The van der Waals surface area contributed by atoms with Gasteiger partial charge >= 0.3 is 0 Å². The summed E-state index contributed by atoms with van der Waals surface area (Å²) in [6.07, 6.45) is 0. The Morgan fingerprint density at radius 1 is 1.03 bits per heavy atom. The van der Waals surface area contributed by atoms with Crippen molar-refractivity contribution >= 4 is 29.3 Å². The smallest absolute Gasteiger partial charge is 0.251 e. The predicted molar refractivity (Wildman–Crippen MR) is 141 cm³/mol. The number of amides is 2. The second kappa shape index (κ2) is 12.2. The molecule has 1 aromatic heterocycles. The third-order valence-corrected chi connectivity index (χ3v) is 6.16. The Hall–Kier alpha value is -4.18. The summed E-state index contributed by atoms with van der Waals surface area (Å²) in [5, 5.41) is 14.6. The minimum atomic E-state index is -0.493. The number of carbonyl (C=O) groups excluding carboxylic acids is 2. The first-order chi connectivity index (χ1) is 17.9. The Bertz CT molecular complexity index is 1390. The second-order valence-corrected chi connectivity index (χ2v) is 9.00. The zero-order valence-corrected chi connectivity index (χ0v) is 21.2. The number of halogens is 1. The Labute approximate surface area is 218 Å². The topological polar surface area (TPSA) is 98.1 Å². The fraction of sp³-hybridized carbons (Fsp3) is 0.185. The summed E-state index contributed by atoms with van der Waals surface area (Å²) in [6, 6.07) is 20.4. The van der Waals surface area contributed by atoms with Crippen molar-refractivity contribution in [1.82, 2.24) is 20.1 Å². The molecule has 8 nitrogen and oxygen atoms in total. The van der Waals surface area contributed by atoms with Crippen molar-refractivity contribution in [2.75, 3.05) is 17.7 Å². The van der Waals surface area contributed by atoms with E-state index in [1.54, 1.807) is 4.57 Å². The van der Waals surface area contributed by atoms with Gasteiger partial charge in [-0.25, -0.2) is 4.39 Å². The average Bonchev–Trinajstić information content (AvgIpc) is 3.29. The fourth-order valence-electron chi connectivity index (χ4n) is 3.57. The normalized spacial score (nSPS) is 10.7. The summed E-state index contributed by atoms with van der Waals surface area (Å²) in [7, 11) is 0. The molecular weight excluding hydrogens is 493 g/mol. The summed E-state index contributed by atoms with van der Waals surface area (Å²) in [5.74, 6) is 0.166. The van der Waals surface area contributed by atoms with Crippen molar-refractivity contribution in [3.8, 4) is 11.4 Å². The Kier molecular flexibility index (Phi) is 8.52. The van der Waals surface area contributed by atoms with Crippen LogP contribution >= 0.6 is 11.8 Å². The molecule has 0 aliphatic carbocycles. The molecule has 2 N–H and O–H groups in total. The van der Waals surface area contributed by atoms with E-state index in [1.165, 1.54) is 36.0 Å². The first-order valence-electron chi connectivity index (χ1n) is 11.6. The van der Waals surface area contributed by atoms with Gasteiger partial charge in [-0.2, -0.15) is 0 Å². The van der Waals surface area contributed by atoms with Gasteiger partial charge in [0, 0.05) is 16.9 Å². The first-order valence-corrected chi connectivity index (χ1v) is 12.6. The van der Waals surface area contributed by atoms with E-state index >= 15 is 0 Å². The molecule has 0 aliphatic rings. The number of nitrogens with one attached hydrogen (secondary N) is 2. The van der Waals surface area contributed by atoms with Gasteiger partial charge in [0.1, 0.15) is 11.6 Å². The lowest BCUT2D eigenvalue weighted by molar-refractivity contribution is -0.113. The van der Waals surface area contributed by atoms with E-state index in [2.05, 4.69) is 20.8 Å². The van der Waals surface area contributed by atoms with Crippen molar-refractivity contribution in [1.29, 1.82) is 0 Å². The largest absolute Gasteiger partial charge is 0.494 e. The van der Waals surface area contributed by atoms with Gasteiger partial charge in [0.25, 0.3) is 5.91 Å². The highest BCUT2D eigenvalue weighted by Crippen LogP contribution is 2.24. The monoisotopic (exact) mass is 519 g/mol. The molecule has 4 rings (SSSR count). The predicted octanol–water partition coefficient (Wildman–Crippen LogP) is 4.77. The Morgan fingerprint density at radius 3 is 2.54 bits per heavy atom. The molecule has 0 bridgehead atoms. The molecule has 4 aromatic rings. The number of nitrogens with zero attached hydrogens (tertiary/aromatic N) is 3. The van der Waals surface area contributed by atoms with E-state index in [1.807, 2.05) is 62.4 Å². The maximum atomic E-state index is 13.5. The van der Waals surface area contributed by atoms with Crippen molar-refractivity contribution in [3.63, 3.8) is 0 Å². The molecule has 0 aliphatic heterocycles. The molecule has 0 fully saturated rings. The van der Waals surface area contributed by atoms with Crippen LogP contribution in [0.4, 0.5) is 10.1 Å². The van der Waals surface area contributed by atoms with Gasteiger partial charge in [0.15, 0.2) is 11.0 Å². The standard InChI is InChI=1S/C27H26FN5O3S/c1-3-36-23-12-10-22(11-13-23)33-24(16-29-26(35)19-7-5-8-20(28)15-19)31-32-27(33)37-17-25(34)30-21-9-4-6-18(2)14-21/h4-15H,3,16-17H2,1-2H3,(H,29,35)(H,30,34). The lowest BCUT2D eigenvalue weighted by atomic mass is 10.2. The number of aryl methyl sites for hydroxylation is 1. The van der Waals surface area contributed by atoms with Gasteiger partial charge in [-0.1, -0.05) is 30.0 Å². The number of ether oxygens (including phenoxy) is 1. The van der Waals surface area contributed by atoms with Crippen LogP contribution in [0.2, 0.25) is 0 Å². The van der Waals surface area contributed by atoms with Gasteiger partial charge in [0.2, 0.25) is 5.91 Å². The van der Waals surface area contributed by atoms with Crippen LogP contribution in [-0.4, -0.2) is 38.9 Å². The highest BCUT2D eigenvalue weighted by molar-refractivity contribution is 7.99. The number of benzene rings is 3. The summed E-state index contributed by atoms with van der Waals surface area (Å²) in [5.41, 5.74) is 2.71. The van der Waals surface area contributed by atoms with E-state index in [9.17, 15) is 14.0 Å². The van der Waals surface area contributed by atoms with Gasteiger partial charge in [-0.05, 0) is 74.0 Å². The van der Waals surface area contributed by atoms with E-state index in [4.69, 9.17) is 4.74 Å². The van der Waals surface area contributed by atoms with Gasteiger partial charge in [-0.3, -0.25) is 14.2 Å². The van der Waals surface area contributed by atoms with Crippen LogP contribution in [0.25, 0.3) is 5.69 Å². The lowest BCUT2D eigenvalue weighted by Crippen LogP contribution is -2.24. The van der Waals surface area contributed by atoms with Crippen LogP contribution in [0.15, 0.2) is 78.0 Å². The van der Waals surface area contributed by atoms with Gasteiger partial charge in [0.05, 0.1) is 18.9 Å². The molecule has 3 aromatic carbocycles. The van der Waals surface area contributed by atoms with Crippen LogP contribution in [0.3, 0.4) is 0 Å². The van der Waals surface area contributed by atoms with Crippen molar-refractivity contribution in [3.05, 3.63) is 95.6 Å². The van der Waals surface area contributed by atoms with E-state index in [-0.39, 0.29) is 23.8 Å². The Balaban J connectivity index is 1.52. The number of hydrogen-bond acceptors (Lipinski definition) is 6. The molecule has 1 heterocycles. The molecular formula is C27H26FN5O3S. The fourth-order valence-corrected chi connectivity index (χ4v) is 4.34. The molecule has 0 saturated heterocycles. The van der Waals surface area contributed by atoms with Crippen LogP contribution in [-0.2, 0) is 11.3 Å². The van der Waals surface area contributed by atoms with Gasteiger partial charge < -0.3 is 15.4 Å². The van der Waals surface area contributed by atoms with E-state index in [0.717, 1.165) is 16.9 Å². The first kappa shape index (κ1) is 25.9. The van der Waals surface area contributed by atoms with Crippen LogP contribution in [0.5, 0.6) is 5.75 Å². The number of thioether (sulfide) groups is 1. The molecule has 0 spiro atoms. The van der Waals surface area contributed by atoms with Gasteiger partial charge in [-0.15, -0.1) is 10.2 Å². The SMILES string of the molecule is CCOc1ccc(-n2c(CNC(=O)c3cccc(F)c3)nnc2SCC(=O)Nc2cccc(C)c2)cc1. The minimum absolute atomic E-state index is 0.0472. The minimum Gasteiger partial charge on any atom is -0.494 e. The van der Waals surface area contributed by atoms with Crippen LogP contribution in [0.1, 0.15) is 28.7 Å². The summed E-state index contributed by atoms with van der Waals surface area (Å²) in [4.78, 5) is 25.1. The van der Waals surface area contributed by atoms with Crippen LogP contribution < -0.4 is 15.4 Å². The van der Waals surface area contributed by atoms with E-state index in [0.29, 0.717) is 23.3 Å². The van der Waals surface area contributed by atoms with Crippen molar-refractivity contribution in [2.45, 2.75) is 25.5 Å². The average molecular weight is 520 g/mol. The number of aromatic nitrogens is 3. The summed E-state index contributed by atoms with van der Waals surface area (Å²) in [6.45, 7) is 4.45. The molecule has 0 unspecified atom stereocenters. The molecule has 190 valence electrons. The summed E-state index contributed by atoms with van der Waals surface area (Å²) < 4.78 is 20.8. The maximum absolute atomic E-state index is 13.5. The molecule has 0 atom stereocenters. The zero-order valence-electron chi connectivity index (χ0n) is 20.4. The Morgan fingerprint density at radius 2 is 1.81 bits per heavy atom. The number of carbonyl (C=O) groups is 2. The molecule has 37 heavy (non-hydrogen) atoms. The molecule has 0 saturated carbocycles. The zero-order chi connectivity index (χ0) is 26.2. The van der Waals surface area contributed by atoms with Crippen molar-refractivity contribution < 1.29 is 18.7 Å². The number of rotatable bonds is 10. The lowest BCUT2D eigenvalue weighted by Gasteiger charge is -2.12. The van der Waals surface area contributed by atoms with Crippen LogP contribution in [0, 0.1) is 12.7 Å². The second-order valence-electron chi connectivity index (χ2n) is 8.06. The third kappa shape index (κ3) is 6.95. The summed E-state index contributed by atoms with van der Waals surface area (Å²) >= 11 is 1.23. The number of anilines is 1. The third-order valence-electron chi connectivity index (χ3n) is 5.23. The van der Waals surface area contributed by atoms with E-state index < -0.39 is 11.7 Å².